The number of aromatic nitrogens is 6. The smallest absolute Gasteiger partial charge is 0.205 e. The van der Waals surface area contributed by atoms with Gasteiger partial charge in [-0.1, -0.05) is 104 Å². The van der Waals surface area contributed by atoms with E-state index in [1.54, 1.807) is 0 Å². The van der Waals surface area contributed by atoms with E-state index in [0.29, 0.717) is 23.2 Å². The van der Waals surface area contributed by atoms with Gasteiger partial charge in [-0.2, -0.15) is 5.21 Å². The molecule has 5 aromatic rings. The average Bonchev–Trinajstić information content (AvgIpc) is 3.58. The number of nitrogens with zero attached hydrogens (tertiary/aromatic N) is 5. The van der Waals surface area contributed by atoms with E-state index in [-0.39, 0.29) is 12.5 Å². The molecule has 2 aromatic heterocycles. The van der Waals surface area contributed by atoms with Crippen LogP contribution in [0.15, 0.2) is 78.9 Å². The minimum atomic E-state index is -0.161. The molecular formula is C29H29ClN6O. The molecule has 3 aromatic carbocycles. The Morgan fingerprint density at radius 2 is 1.65 bits per heavy atom. The van der Waals surface area contributed by atoms with Crippen LogP contribution in [0.4, 0.5) is 0 Å². The molecule has 188 valence electrons. The summed E-state index contributed by atoms with van der Waals surface area (Å²) in [5, 5.41) is 25.0. The number of imidazole rings is 1. The summed E-state index contributed by atoms with van der Waals surface area (Å²) in [6, 6.07) is 26.9. The number of tetrazole rings is 1. The Hall–Kier alpha value is -3.81. The molecule has 1 unspecified atom stereocenters. The highest BCUT2D eigenvalue weighted by molar-refractivity contribution is 6.30. The molecule has 0 aliphatic heterocycles. The highest BCUT2D eigenvalue weighted by atomic mass is 35.5. The van der Waals surface area contributed by atoms with E-state index in [1.165, 1.54) is 5.56 Å². The Kier molecular flexibility index (Phi) is 7.73. The maximum Gasteiger partial charge on any atom is 0.205 e. The lowest BCUT2D eigenvalue weighted by molar-refractivity contribution is 0.270. The van der Waals surface area contributed by atoms with Crippen molar-refractivity contribution in [3.8, 4) is 22.5 Å². The fraction of sp³-hybridized carbons (Fsp3) is 0.241. The Morgan fingerprint density at radius 1 is 0.919 bits per heavy atom. The first-order chi connectivity index (χ1) is 18.2. The molecule has 1 atom stereocenters. The van der Waals surface area contributed by atoms with Gasteiger partial charge in [-0.3, -0.25) is 0 Å². The Morgan fingerprint density at radius 3 is 2.32 bits per heavy atom. The van der Waals surface area contributed by atoms with Crippen molar-refractivity contribution in [2.45, 2.75) is 45.3 Å². The zero-order valence-corrected chi connectivity index (χ0v) is 21.4. The fourth-order valence-corrected chi connectivity index (χ4v) is 5.11. The van der Waals surface area contributed by atoms with Gasteiger partial charge >= 0.3 is 0 Å². The number of aliphatic hydroxyl groups excluding tert-OH is 1. The molecule has 8 heteroatoms. The van der Waals surface area contributed by atoms with Crippen LogP contribution in [0, 0.1) is 0 Å². The highest BCUT2D eigenvalue weighted by Crippen LogP contribution is 2.32. The number of benzene rings is 3. The van der Waals surface area contributed by atoms with Gasteiger partial charge in [-0.05, 0) is 40.3 Å². The average molecular weight is 513 g/mol. The van der Waals surface area contributed by atoms with Gasteiger partial charge < -0.3 is 9.67 Å². The lowest BCUT2D eigenvalue weighted by Gasteiger charge is -2.19. The highest BCUT2D eigenvalue weighted by Gasteiger charge is 2.23. The summed E-state index contributed by atoms with van der Waals surface area (Å²) in [7, 11) is 0. The van der Waals surface area contributed by atoms with E-state index < -0.39 is 0 Å². The predicted molar refractivity (Wildman–Crippen MR) is 145 cm³/mol. The molecule has 0 radical (unpaired) electrons. The third kappa shape index (κ3) is 5.48. The van der Waals surface area contributed by atoms with E-state index in [0.717, 1.165) is 47.3 Å². The maximum atomic E-state index is 10.1. The summed E-state index contributed by atoms with van der Waals surface area (Å²) in [5.74, 6) is 1.68. The van der Waals surface area contributed by atoms with E-state index in [1.807, 2.05) is 24.3 Å². The minimum absolute atomic E-state index is 0.161. The summed E-state index contributed by atoms with van der Waals surface area (Å²) >= 11 is 6.52. The largest absolute Gasteiger partial charge is 0.390 e. The zero-order chi connectivity index (χ0) is 25.6. The van der Waals surface area contributed by atoms with Crippen molar-refractivity contribution >= 4 is 11.6 Å². The number of aliphatic hydroxyl groups is 1. The van der Waals surface area contributed by atoms with Crippen LogP contribution < -0.4 is 0 Å². The monoisotopic (exact) mass is 512 g/mol. The van der Waals surface area contributed by atoms with Crippen molar-refractivity contribution in [1.82, 2.24) is 30.2 Å². The summed E-state index contributed by atoms with van der Waals surface area (Å²) in [6.07, 6.45) is 2.89. The number of halogens is 1. The summed E-state index contributed by atoms with van der Waals surface area (Å²) in [5.41, 5.74) is 6.02. The topological polar surface area (TPSA) is 92.5 Å². The van der Waals surface area contributed by atoms with Crippen molar-refractivity contribution in [3.63, 3.8) is 0 Å². The van der Waals surface area contributed by atoms with Crippen LogP contribution in [0.25, 0.3) is 22.5 Å². The molecule has 0 spiro atoms. The molecule has 37 heavy (non-hydrogen) atoms. The zero-order valence-electron chi connectivity index (χ0n) is 20.7. The van der Waals surface area contributed by atoms with E-state index in [4.69, 9.17) is 16.6 Å². The Labute approximate surface area is 221 Å². The minimum Gasteiger partial charge on any atom is -0.390 e. The third-order valence-electron chi connectivity index (χ3n) is 6.65. The Bertz CT molecular complexity index is 1430. The Balaban J connectivity index is 1.45. The molecule has 0 aliphatic carbocycles. The van der Waals surface area contributed by atoms with Gasteiger partial charge in [0.1, 0.15) is 5.82 Å². The van der Waals surface area contributed by atoms with Crippen molar-refractivity contribution in [2.24, 2.45) is 0 Å². The standard InChI is InChI=1S/C29H29ClN6O/c1-2-8-23(17-20-9-4-3-5-10-20)29-31-27(30)26(19-37)36(29)18-21-13-15-22(16-14-21)24-11-6-7-12-25(24)28-32-34-35-33-28/h3-7,9-16,23,37H,2,8,17-19H2,1H3,(H,32,33,34,35). The van der Waals surface area contributed by atoms with E-state index in [2.05, 4.69) is 86.7 Å². The summed E-state index contributed by atoms with van der Waals surface area (Å²) in [6.45, 7) is 2.60. The number of rotatable bonds is 10. The molecule has 2 N–H and O–H groups in total. The third-order valence-corrected chi connectivity index (χ3v) is 6.95. The van der Waals surface area contributed by atoms with Crippen molar-refractivity contribution in [2.75, 3.05) is 0 Å². The van der Waals surface area contributed by atoms with E-state index >= 15 is 0 Å². The van der Waals surface area contributed by atoms with Crippen molar-refractivity contribution in [1.29, 1.82) is 0 Å². The second-order valence-corrected chi connectivity index (χ2v) is 9.46. The summed E-state index contributed by atoms with van der Waals surface area (Å²) < 4.78 is 2.09. The molecular weight excluding hydrogens is 484 g/mol. The second kappa shape index (κ2) is 11.5. The number of nitrogens with one attached hydrogen (secondary N) is 1. The first-order valence-corrected chi connectivity index (χ1v) is 12.9. The van der Waals surface area contributed by atoms with Gasteiger partial charge in [-0.15, -0.1) is 10.2 Å². The van der Waals surface area contributed by atoms with Gasteiger partial charge in [-0.25, -0.2) is 4.98 Å². The molecule has 0 amide bonds. The number of aromatic amines is 1. The maximum absolute atomic E-state index is 10.1. The van der Waals surface area contributed by atoms with Gasteiger partial charge in [0.15, 0.2) is 5.15 Å². The molecule has 0 saturated heterocycles. The molecule has 7 nitrogen and oxygen atoms in total. The molecule has 0 fully saturated rings. The van der Waals surface area contributed by atoms with Gasteiger partial charge in [0.2, 0.25) is 5.82 Å². The van der Waals surface area contributed by atoms with Gasteiger partial charge in [0.25, 0.3) is 0 Å². The van der Waals surface area contributed by atoms with Crippen LogP contribution >= 0.6 is 11.6 Å². The van der Waals surface area contributed by atoms with Crippen LogP contribution in [-0.4, -0.2) is 35.3 Å². The second-order valence-electron chi connectivity index (χ2n) is 9.11. The molecule has 0 saturated carbocycles. The van der Waals surface area contributed by atoms with Crippen LogP contribution in [-0.2, 0) is 19.6 Å². The van der Waals surface area contributed by atoms with Crippen LogP contribution in [0.3, 0.4) is 0 Å². The number of H-pyrrole nitrogens is 1. The number of hydrogen-bond donors (Lipinski definition) is 2. The van der Waals surface area contributed by atoms with Crippen molar-refractivity contribution in [3.05, 3.63) is 107 Å². The molecule has 0 bridgehead atoms. The van der Waals surface area contributed by atoms with Gasteiger partial charge in [0.05, 0.1) is 12.3 Å². The van der Waals surface area contributed by atoms with Crippen molar-refractivity contribution < 1.29 is 5.11 Å². The van der Waals surface area contributed by atoms with Crippen LogP contribution in [0.2, 0.25) is 5.15 Å². The lowest BCUT2D eigenvalue weighted by atomic mass is 9.94. The first-order valence-electron chi connectivity index (χ1n) is 12.5. The predicted octanol–water partition coefficient (Wildman–Crippen LogP) is 6.05. The number of hydrogen-bond acceptors (Lipinski definition) is 5. The fourth-order valence-electron chi connectivity index (χ4n) is 4.86. The van der Waals surface area contributed by atoms with E-state index in [9.17, 15) is 5.11 Å². The summed E-state index contributed by atoms with van der Waals surface area (Å²) in [4.78, 5) is 4.74. The first kappa shape index (κ1) is 24.9. The van der Waals surface area contributed by atoms with Crippen LogP contribution in [0.5, 0.6) is 0 Å². The van der Waals surface area contributed by atoms with Crippen LogP contribution in [0.1, 0.15) is 48.3 Å². The molecule has 0 aliphatic rings. The SMILES string of the molecule is CCCC(Cc1ccccc1)c1nc(Cl)c(CO)n1Cc1ccc(-c2ccccc2-c2nn[nH]n2)cc1. The van der Waals surface area contributed by atoms with Gasteiger partial charge in [0, 0.05) is 18.0 Å². The normalized spacial score (nSPS) is 12.1. The lowest BCUT2D eigenvalue weighted by Crippen LogP contribution is -2.14. The quantitative estimate of drug-likeness (QED) is 0.237. The molecule has 5 rings (SSSR count). The molecule has 2 heterocycles.